The van der Waals surface area contributed by atoms with Crippen LogP contribution in [0.25, 0.3) is 12.2 Å². The number of allylic oxidation sites excluding steroid dienone is 2. The molecule has 1 saturated heterocycles. The molecule has 3 unspecified atom stereocenters. The van der Waals surface area contributed by atoms with Gasteiger partial charge in [-0.25, -0.2) is 4.79 Å². The van der Waals surface area contributed by atoms with Crippen molar-refractivity contribution in [3.05, 3.63) is 171 Å². The molecule has 5 aromatic carbocycles. The summed E-state index contributed by atoms with van der Waals surface area (Å²) in [4.78, 5) is 38.6. The van der Waals surface area contributed by atoms with Crippen molar-refractivity contribution < 1.29 is 45.2 Å². The molecule has 1 amide bonds. The number of aliphatic imine (C=N–C) groups is 1. The predicted molar refractivity (Wildman–Crippen MR) is 357 cm³/mol. The zero-order chi connectivity index (χ0) is 63.1. The van der Waals surface area contributed by atoms with Crippen LogP contribution in [0.5, 0.6) is 11.5 Å². The number of amides is 1. The summed E-state index contributed by atoms with van der Waals surface area (Å²) in [5.41, 5.74) is 3.40. The highest BCUT2D eigenvalue weighted by molar-refractivity contribution is 9.10. The van der Waals surface area contributed by atoms with Gasteiger partial charge in [0.25, 0.3) is 0 Å². The van der Waals surface area contributed by atoms with E-state index in [2.05, 4.69) is 146 Å². The van der Waals surface area contributed by atoms with Gasteiger partial charge in [-0.15, -0.1) is 0 Å². The number of nitriles is 1. The second-order valence-corrected chi connectivity index (χ2v) is 27.5. The van der Waals surface area contributed by atoms with Crippen molar-refractivity contribution in [3.8, 4) is 17.6 Å². The number of aliphatic carboxylic acids is 1. The second-order valence-electron chi connectivity index (χ2n) is 24.2. The number of quaternary nitrogens is 1. The molecule has 0 aromatic heterocycles. The molecule has 3 aliphatic rings. The number of nitrogens with one attached hydrogen (secondary N) is 2. The average molecular weight is 1310 g/mol. The van der Waals surface area contributed by atoms with Crippen molar-refractivity contribution in [3.63, 3.8) is 0 Å². The lowest BCUT2D eigenvalue weighted by molar-refractivity contribution is -0.786. The van der Waals surface area contributed by atoms with Crippen LogP contribution in [0.4, 0.5) is 5.69 Å². The van der Waals surface area contributed by atoms with Gasteiger partial charge in [0.15, 0.2) is 10.8 Å². The van der Waals surface area contributed by atoms with Gasteiger partial charge in [0.2, 0.25) is 5.91 Å². The number of fused-ring (bicyclic) bond motifs is 2. The van der Waals surface area contributed by atoms with Crippen molar-refractivity contribution in [2.24, 2.45) is 45.9 Å². The number of hydrogen-bond donors (Lipinski definition) is 6. The molecule has 1 aliphatic heterocycles. The highest BCUT2D eigenvalue weighted by Crippen LogP contribution is 2.47. The van der Waals surface area contributed by atoms with Gasteiger partial charge in [-0.05, 0) is 143 Å². The molecule has 7 atom stereocenters. The molecule has 2 saturated carbocycles. The molecule has 15 heteroatoms. The van der Waals surface area contributed by atoms with E-state index in [4.69, 9.17) is 20.5 Å². The van der Waals surface area contributed by atoms with Crippen LogP contribution in [0.2, 0.25) is 0 Å². The van der Waals surface area contributed by atoms with Crippen molar-refractivity contribution >= 4 is 84.3 Å². The number of halogens is 2. The van der Waals surface area contributed by atoms with E-state index in [1.165, 1.54) is 43.2 Å². The number of carbonyl (C=O) groups is 3. The molecule has 5 aromatic rings. The summed E-state index contributed by atoms with van der Waals surface area (Å²) in [7, 11) is 4.24. The van der Waals surface area contributed by atoms with Crippen molar-refractivity contribution in [2.45, 2.75) is 144 Å². The van der Waals surface area contributed by atoms with Crippen LogP contribution in [-0.2, 0) is 14.4 Å². The minimum Gasteiger partial charge on any atom is -0.870 e. The number of rotatable bonds is 14. The number of aliphatic hydroxyl groups is 1. The van der Waals surface area contributed by atoms with Gasteiger partial charge >= 0.3 is 5.97 Å². The molecule has 12 nitrogen and oxygen atoms in total. The number of nitrogens with zero attached hydrogens (tertiary/aromatic N) is 2. The average Bonchev–Trinajstić information content (AvgIpc) is 4.07. The Bertz CT molecular complexity index is 2890. The number of ketones is 1. The second kappa shape index (κ2) is 35.7. The lowest BCUT2D eigenvalue weighted by Crippen LogP contribution is -3.00. The van der Waals surface area contributed by atoms with Crippen LogP contribution < -0.4 is 10.2 Å². The maximum absolute atomic E-state index is 12.1. The first kappa shape index (κ1) is 75.2. The number of benzene rings is 5. The third-order valence-electron chi connectivity index (χ3n) is 16.2. The Hall–Kier alpha value is -5.86. The number of amidine groups is 1. The van der Waals surface area contributed by atoms with Gasteiger partial charge in [-0.1, -0.05) is 209 Å². The van der Waals surface area contributed by atoms with Crippen molar-refractivity contribution in [2.75, 3.05) is 14.1 Å². The first-order valence-corrected chi connectivity index (χ1v) is 31.5. The van der Waals surface area contributed by atoms with Crippen LogP contribution in [-0.4, -0.2) is 79.2 Å². The Morgan fingerprint density at radius 1 is 0.741 bits per heavy atom. The number of phenols is 2. The van der Waals surface area contributed by atoms with Gasteiger partial charge in [-0.2, -0.15) is 5.26 Å². The van der Waals surface area contributed by atoms with E-state index in [0.717, 1.165) is 48.2 Å². The van der Waals surface area contributed by atoms with Crippen molar-refractivity contribution in [1.82, 2.24) is 5.32 Å². The Labute approximate surface area is 528 Å². The number of aromatic hydroxyl groups is 2. The molecule has 3 fully saturated rings. The van der Waals surface area contributed by atoms with Gasteiger partial charge in [0, 0.05) is 37.8 Å². The van der Waals surface area contributed by atoms with E-state index in [9.17, 15) is 24.6 Å². The summed E-state index contributed by atoms with van der Waals surface area (Å²) in [6.07, 6.45) is 13.6. The number of Topliss-reactive ketones (excluding diaryl/α,β-unsaturated/α-hetero) is 1. The Morgan fingerprint density at radius 2 is 1.18 bits per heavy atom. The number of carboxylic acid groups (broad SMARTS) is 1. The van der Waals surface area contributed by atoms with E-state index < -0.39 is 11.6 Å². The maximum Gasteiger partial charge on any atom is 0.335 e. The van der Waals surface area contributed by atoms with Crippen LogP contribution >= 0.6 is 43.6 Å². The molecule has 85 heavy (non-hydrogen) atoms. The van der Waals surface area contributed by atoms with Crippen LogP contribution in [0, 0.1) is 52.3 Å². The highest BCUT2D eigenvalue weighted by atomic mass is 79.9. The van der Waals surface area contributed by atoms with E-state index in [0.29, 0.717) is 17.9 Å². The number of carboxylic acids is 1. The first-order chi connectivity index (χ1) is 39.3. The molecule has 7 N–H and O–H groups in total. The largest absolute Gasteiger partial charge is 0.870 e. The highest BCUT2D eigenvalue weighted by Gasteiger charge is 2.46. The first-order valence-electron chi connectivity index (χ1n) is 29.1. The molecular weight excluding hydrogens is 1220 g/mol. The number of carbonyl (C=O) groups excluding carboxylic acids is 2. The van der Waals surface area contributed by atoms with E-state index >= 15 is 0 Å². The molecule has 1 heterocycles. The standard InChI is InChI=1S/C30H24Br2O2.C14H22N2OS.C8H11N.C7H13N.C6H12O3.C5H10O.H2O/c31-25-13-17-29(33)23(19-25)11-15-27(21-7-3-1-4-8-21)28(22-9-5-2-6-10-22)16-12-24-20-26(32)14-18-30(24)34;1-8(2)14(3)12(17)16-13(18-14)15-11-7-9-4-5-10(11)6-9;1-9(2)8-6-4-3-5-7-8;1-6(2)7(3,4)5-8;1-4(2)6(3,9)5(7)8;1-4(2)5(3)6;/h1-20,27-28,33-34H;8-11H,4-7H2,1-3H3,(H,15,16,17);3-7H,1-2H3;6H,1-4H3;4,9H,1-3H3,(H,7,8);4H,1-3H3;1H2/b15-11+,16-12+;;;;;;/t27-,28-;9?,10?,11?,14-;;;6-;;/m00..0../s1. The summed E-state index contributed by atoms with van der Waals surface area (Å²) in [6, 6.07) is 44.6. The molecule has 2 bridgehead atoms. The molecular formula is C70H94Br2N4O8S. The summed E-state index contributed by atoms with van der Waals surface area (Å²) in [6.45, 7) is 24.3. The van der Waals surface area contributed by atoms with Gasteiger partial charge < -0.3 is 36.1 Å². The predicted octanol–water partition coefficient (Wildman–Crippen LogP) is 15.9. The lowest BCUT2D eigenvalue weighted by atomic mass is 9.80. The minimum atomic E-state index is -1.58. The zero-order valence-corrected chi connectivity index (χ0v) is 56.5. The maximum atomic E-state index is 12.1. The SMILES string of the molecule is CC(=O)C(C)C.CC(C)C(C)(C)C#N.CC(C)[C@](C)(O)C(=O)O.CC(C)[C@]1(C)SC(=NC2CC3CCC2C3)NC1=O.C[NH+](C)c1ccccc1.Oc1ccc(Br)cc1/C=C/[C@@H](c1ccccc1)[C@@H](/C=C/c1cc(Br)ccc1O)c1ccccc1.[OH-]. The third kappa shape index (κ3) is 24.1. The zero-order valence-electron chi connectivity index (χ0n) is 52.5. The summed E-state index contributed by atoms with van der Waals surface area (Å²) >= 11 is 8.62. The lowest BCUT2D eigenvalue weighted by Gasteiger charge is -2.23. The fourth-order valence-corrected chi connectivity index (χ4v) is 10.4. The quantitative estimate of drug-likeness (QED) is 0.0618. The van der Waals surface area contributed by atoms with E-state index in [1.54, 1.807) is 44.7 Å². The van der Waals surface area contributed by atoms with Crippen LogP contribution in [0.3, 0.4) is 0 Å². The van der Waals surface area contributed by atoms with Crippen molar-refractivity contribution in [1.29, 1.82) is 5.26 Å². The Morgan fingerprint density at radius 3 is 1.46 bits per heavy atom. The topological polar surface area (TPSA) is 215 Å². The van der Waals surface area contributed by atoms with Crippen LogP contribution in [0.1, 0.15) is 150 Å². The fraction of sp³-hybridized carbons (Fsp3) is 0.443. The number of hydrogen-bond acceptors (Lipinski definition) is 10. The Kier molecular flexibility index (Phi) is 31.6. The molecule has 0 radical (unpaired) electrons. The number of para-hydroxylation sites is 1. The smallest absolute Gasteiger partial charge is 0.335 e. The molecule has 0 spiro atoms. The molecule has 462 valence electrons. The van der Waals surface area contributed by atoms with Gasteiger partial charge in [0.05, 0.1) is 31.6 Å². The minimum absolute atomic E-state index is 0. The van der Waals surface area contributed by atoms with Gasteiger partial charge in [-0.3, -0.25) is 14.6 Å². The number of thioether (sulfide) groups is 1. The van der Waals surface area contributed by atoms with E-state index in [-0.39, 0.29) is 62.5 Å². The third-order valence-corrected chi connectivity index (χ3v) is 18.7. The number of phenolic OH excluding ortho intramolecular Hbond substituents is 2. The molecule has 8 rings (SSSR count). The normalized spacial score (nSPS) is 19.6. The van der Waals surface area contributed by atoms with Crippen LogP contribution in [0.15, 0.2) is 153 Å². The molecule has 2 aliphatic carbocycles. The summed E-state index contributed by atoms with van der Waals surface area (Å²) in [5.74, 6) is 2.10. The monoisotopic (exact) mass is 1310 g/mol. The van der Waals surface area contributed by atoms with Gasteiger partial charge in [0.1, 0.15) is 27.7 Å². The fourth-order valence-electron chi connectivity index (χ4n) is 8.56. The summed E-state index contributed by atoms with van der Waals surface area (Å²) in [5, 5.41) is 50.5. The van der Waals surface area contributed by atoms with E-state index in [1.807, 2.05) is 114 Å². The summed E-state index contributed by atoms with van der Waals surface area (Å²) < 4.78 is 1.48. The Balaban J connectivity index is 0.000000402.